The number of piperidine rings is 1. The highest BCUT2D eigenvalue weighted by atomic mass is 32.2. The Morgan fingerprint density at radius 2 is 1.67 bits per heavy atom. The molecule has 0 radical (unpaired) electrons. The Morgan fingerprint density at radius 3 is 2.30 bits per heavy atom. The first-order valence-electron chi connectivity index (χ1n) is 9.08. The Balaban J connectivity index is 1.82. The van der Waals surface area contributed by atoms with Crippen molar-refractivity contribution in [3.05, 3.63) is 59.7 Å². The second-order valence-corrected chi connectivity index (χ2v) is 8.87. The van der Waals surface area contributed by atoms with Crippen molar-refractivity contribution in [1.82, 2.24) is 4.31 Å². The minimum Gasteiger partial charge on any atom is -0.371 e. The van der Waals surface area contributed by atoms with Crippen LogP contribution in [0.25, 0.3) is 0 Å². The predicted octanol–water partition coefficient (Wildman–Crippen LogP) is 2.60. The zero-order valence-electron chi connectivity index (χ0n) is 15.5. The SMILES string of the molecule is CN(Cc1ccccc1N1CCCCC1)S(=O)(=O)c1ccc(C(N)=O)cc1. The molecule has 1 fully saturated rings. The Labute approximate surface area is 160 Å². The van der Waals surface area contributed by atoms with Crippen molar-refractivity contribution < 1.29 is 13.2 Å². The van der Waals surface area contributed by atoms with E-state index in [1.165, 1.54) is 35.0 Å². The normalized spacial score (nSPS) is 15.1. The highest BCUT2D eigenvalue weighted by Gasteiger charge is 2.23. The number of para-hydroxylation sites is 1. The molecule has 0 spiro atoms. The molecule has 2 aromatic rings. The average Bonchev–Trinajstić information content (AvgIpc) is 2.69. The fourth-order valence-electron chi connectivity index (χ4n) is 3.38. The van der Waals surface area contributed by atoms with Gasteiger partial charge < -0.3 is 10.6 Å². The van der Waals surface area contributed by atoms with Crippen LogP contribution in [0.4, 0.5) is 5.69 Å². The molecule has 0 unspecified atom stereocenters. The first-order chi connectivity index (χ1) is 12.9. The van der Waals surface area contributed by atoms with Gasteiger partial charge in [-0.3, -0.25) is 4.79 Å². The van der Waals surface area contributed by atoms with E-state index in [-0.39, 0.29) is 17.0 Å². The molecule has 144 valence electrons. The van der Waals surface area contributed by atoms with Gasteiger partial charge in [0.05, 0.1) is 4.90 Å². The van der Waals surface area contributed by atoms with Crippen LogP contribution >= 0.6 is 0 Å². The third-order valence-electron chi connectivity index (χ3n) is 4.93. The molecule has 3 rings (SSSR count). The minimum atomic E-state index is -3.66. The van der Waals surface area contributed by atoms with Crippen molar-refractivity contribution in [3.63, 3.8) is 0 Å². The standard InChI is InChI=1S/C20H25N3O3S/c1-22(27(25,26)18-11-9-16(10-12-18)20(21)24)15-17-7-3-4-8-19(17)23-13-5-2-6-14-23/h3-4,7-12H,2,5-6,13-15H2,1H3,(H2,21,24). The summed E-state index contributed by atoms with van der Waals surface area (Å²) in [5.74, 6) is -0.581. The fraction of sp³-hybridized carbons (Fsp3) is 0.350. The summed E-state index contributed by atoms with van der Waals surface area (Å²) in [6.45, 7) is 2.29. The van der Waals surface area contributed by atoms with Gasteiger partial charge in [0.1, 0.15) is 0 Å². The van der Waals surface area contributed by atoms with Crippen molar-refractivity contribution in [3.8, 4) is 0 Å². The summed E-state index contributed by atoms with van der Waals surface area (Å²) in [6.07, 6.45) is 3.57. The van der Waals surface area contributed by atoms with Crippen LogP contribution in [0.3, 0.4) is 0 Å². The molecule has 2 aromatic carbocycles. The number of anilines is 1. The lowest BCUT2D eigenvalue weighted by atomic mass is 10.1. The van der Waals surface area contributed by atoms with Gasteiger partial charge in [-0.2, -0.15) is 4.31 Å². The molecule has 27 heavy (non-hydrogen) atoms. The van der Waals surface area contributed by atoms with Crippen molar-refractivity contribution in [2.24, 2.45) is 5.73 Å². The van der Waals surface area contributed by atoms with Gasteiger partial charge in [-0.25, -0.2) is 8.42 Å². The summed E-state index contributed by atoms with van der Waals surface area (Å²) in [6, 6.07) is 13.7. The number of hydrogen-bond donors (Lipinski definition) is 1. The number of sulfonamides is 1. The molecule has 0 saturated carbocycles. The van der Waals surface area contributed by atoms with Crippen LogP contribution in [0.2, 0.25) is 0 Å². The first-order valence-corrected chi connectivity index (χ1v) is 10.5. The summed E-state index contributed by atoms with van der Waals surface area (Å²) >= 11 is 0. The van der Waals surface area contributed by atoms with Gasteiger partial charge in [-0.1, -0.05) is 18.2 Å². The third-order valence-corrected chi connectivity index (χ3v) is 6.75. The maximum Gasteiger partial charge on any atom is 0.248 e. The minimum absolute atomic E-state index is 0.144. The van der Waals surface area contributed by atoms with Crippen LogP contribution in [0, 0.1) is 0 Å². The molecular formula is C20H25N3O3S. The van der Waals surface area contributed by atoms with E-state index >= 15 is 0 Å². The highest BCUT2D eigenvalue weighted by molar-refractivity contribution is 7.89. The Kier molecular flexibility index (Phi) is 5.82. The van der Waals surface area contributed by atoms with Gasteiger partial charge in [0, 0.05) is 37.9 Å². The molecule has 1 aliphatic rings. The molecule has 1 amide bonds. The van der Waals surface area contributed by atoms with E-state index in [1.54, 1.807) is 7.05 Å². The molecule has 1 aliphatic heterocycles. The number of benzene rings is 2. The van der Waals surface area contributed by atoms with E-state index in [4.69, 9.17) is 5.73 Å². The lowest BCUT2D eigenvalue weighted by Gasteiger charge is -2.31. The van der Waals surface area contributed by atoms with E-state index in [9.17, 15) is 13.2 Å². The Hall–Kier alpha value is -2.38. The van der Waals surface area contributed by atoms with Crippen molar-refractivity contribution >= 4 is 21.6 Å². The summed E-state index contributed by atoms with van der Waals surface area (Å²) in [7, 11) is -2.09. The Bertz CT molecular complexity index is 904. The third kappa shape index (κ3) is 4.31. The van der Waals surface area contributed by atoms with E-state index in [1.807, 2.05) is 18.2 Å². The maximum atomic E-state index is 12.9. The molecule has 7 heteroatoms. The highest BCUT2D eigenvalue weighted by Crippen LogP contribution is 2.26. The van der Waals surface area contributed by atoms with Crippen LogP contribution in [0.1, 0.15) is 35.2 Å². The van der Waals surface area contributed by atoms with E-state index in [0.29, 0.717) is 0 Å². The topological polar surface area (TPSA) is 83.7 Å². The number of amides is 1. The lowest BCUT2D eigenvalue weighted by molar-refractivity contribution is 0.1000. The number of hydrogen-bond acceptors (Lipinski definition) is 4. The number of carbonyl (C=O) groups is 1. The summed E-state index contributed by atoms with van der Waals surface area (Å²) in [4.78, 5) is 13.7. The predicted molar refractivity (Wildman–Crippen MR) is 106 cm³/mol. The zero-order chi connectivity index (χ0) is 19.4. The summed E-state index contributed by atoms with van der Waals surface area (Å²) in [5.41, 5.74) is 7.59. The largest absolute Gasteiger partial charge is 0.371 e. The summed E-state index contributed by atoms with van der Waals surface area (Å²) < 4.78 is 27.1. The van der Waals surface area contributed by atoms with E-state index < -0.39 is 15.9 Å². The molecule has 0 atom stereocenters. The molecule has 0 aromatic heterocycles. The van der Waals surface area contributed by atoms with Crippen LogP contribution in [0.15, 0.2) is 53.4 Å². The van der Waals surface area contributed by atoms with Crippen LogP contribution in [0.5, 0.6) is 0 Å². The van der Waals surface area contributed by atoms with Crippen molar-refractivity contribution in [1.29, 1.82) is 0 Å². The monoisotopic (exact) mass is 387 g/mol. The Morgan fingerprint density at radius 1 is 1.04 bits per heavy atom. The molecule has 2 N–H and O–H groups in total. The van der Waals surface area contributed by atoms with Gasteiger partial charge in [0.25, 0.3) is 0 Å². The zero-order valence-corrected chi connectivity index (χ0v) is 16.3. The summed E-state index contributed by atoms with van der Waals surface area (Å²) in [5, 5.41) is 0. The molecule has 1 heterocycles. The van der Waals surface area contributed by atoms with Gasteiger partial charge in [-0.15, -0.1) is 0 Å². The number of nitrogens with zero attached hydrogens (tertiary/aromatic N) is 2. The second-order valence-electron chi connectivity index (χ2n) is 6.83. The molecule has 0 aliphatic carbocycles. The van der Waals surface area contributed by atoms with Crippen LogP contribution < -0.4 is 10.6 Å². The van der Waals surface area contributed by atoms with Gasteiger partial charge in [0.15, 0.2) is 0 Å². The lowest BCUT2D eigenvalue weighted by Crippen LogP contribution is -2.32. The van der Waals surface area contributed by atoms with Crippen LogP contribution in [-0.4, -0.2) is 38.8 Å². The number of nitrogens with two attached hydrogens (primary N) is 1. The van der Waals surface area contributed by atoms with Crippen LogP contribution in [-0.2, 0) is 16.6 Å². The molecule has 0 bridgehead atoms. The van der Waals surface area contributed by atoms with Gasteiger partial charge in [-0.05, 0) is 55.2 Å². The second kappa shape index (κ2) is 8.10. The number of rotatable bonds is 6. The molecular weight excluding hydrogens is 362 g/mol. The van der Waals surface area contributed by atoms with Crippen molar-refractivity contribution in [2.45, 2.75) is 30.7 Å². The number of carbonyl (C=O) groups excluding carboxylic acids is 1. The average molecular weight is 388 g/mol. The van der Waals surface area contributed by atoms with Gasteiger partial charge in [0.2, 0.25) is 15.9 Å². The maximum absolute atomic E-state index is 12.9. The number of primary amides is 1. The van der Waals surface area contributed by atoms with Gasteiger partial charge >= 0.3 is 0 Å². The van der Waals surface area contributed by atoms with E-state index in [0.717, 1.165) is 37.2 Å². The molecule has 6 nitrogen and oxygen atoms in total. The quantitative estimate of drug-likeness (QED) is 0.826. The first kappa shape index (κ1) is 19.4. The smallest absolute Gasteiger partial charge is 0.248 e. The van der Waals surface area contributed by atoms with E-state index in [2.05, 4.69) is 11.0 Å². The van der Waals surface area contributed by atoms with Crippen molar-refractivity contribution in [2.75, 3.05) is 25.0 Å². The fourth-order valence-corrected chi connectivity index (χ4v) is 4.53. The molecule has 1 saturated heterocycles.